The summed E-state index contributed by atoms with van der Waals surface area (Å²) in [6, 6.07) is 9.87. The number of nitrogens with zero attached hydrogens (tertiary/aromatic N) is 1. The Morgan fingerprint density at radius 1 is 1.14 bits per heavy atom. The van der Waals surface area contributed by atoms with Crippen molar-refractivity contribution in [3.8, 4) is 0 Å². The van der Waals surface area contributed by atoms with Gasteiger partial charge in [0.1, 0.15) is 6.61 Å². The van der Waals surface area contributed by atoms with Crippen LogP contribution in [0.4, 0.5) is 4.79 Å². The lowest BCUT2D eigenvalue weighted by atomic mass is 10.1. The van der Waals surface area contributed by atoms with E-state index in [1.165, 1.54) is 0 Å². The van der Waals surface area contributed by atoms with E-state index in [0.717, 1.165) is 5.56 Å². The average Bonchev–Trinajstić information content (AvgIpc) is 2.51. The smallest absolute Gasteiger partial charge is 0.409 e. The van der Waals surface area contributed by atoms with E-state index in [9.17, 15) is 9.59 Å². The molecule has 0 spiro atoms. The molecule has 0 saturated carbocycles. The number of rotatable bonds is 8. The summed E-state index contributed by atoms with van der Waals surface area (Å²) >= 11 is 0. The van der Waals surface area contributed by atoms with Gasteiger partial charge in [-0.2, -0.15) is 0 Å². The van der Waals surface area contributed by atoms with Gasteiger partial charge in [0, 0.05) is 12.1 Å². The van der Waals surface area contributed by atoms with Gasteiger partial charge in [-0.15, -0.1) is 0 Å². The summed E-state index contributed by atoms with van der Waals surface area (Å²) in [5.41, 5.74) is 1.47. The topological polar surface area (TPSA) is 55.8 Å². The molecule has 1 amide bonds. The molecule has 0 aliphatic carbocycles. The predicted molar refractivity (Wildman–Crippen MR) is 84.5 cm³/mol. The minimum atomic E-state index is -0.452. The number of amides is 1. The van der Waals surface area contributed by atoms with Gasteiger partial charge in [-0.1, -0.05) is 36.9 Å². The Kier molecular flexibility index (Phi) is 7.75. The predicted octanol–water partition coefficient (Wildman–Crippen LogP) is 2.81. The third-order valence-electron chi connectivity index (χ3n) is 2.98. The van der Waals surface area contributed by atoms with E-state index in [1.54, 1.807) is 18.7 Å². The Morgan fingerprint density at radius 2 is 1.82 bits per heavy atom. The fraction of sp³-hybridized carbons (Fsp3) is 0.412. The van der Waals surface area contributed by atoms with Crippen LogP contribution in [0.15, 0.2) is 42.5 Å². The number of benzene rings is 1. The molecule has 0 aliphatic rings. The molecule has 1 aromatic rings. The van der Waals surface area contributed by atoms with Gasteiger partial charge in [0.05, 0.1) is 13.2 Å². The maximum atomic E-state index is 11.9. The number of carbonyl (C=O) groups excluding carboxylic acids is 2. The lowest BCUT2D eigenvalue weighted by molar-refractivity contribution is -0.139. The van der Waals surface area contributed by atoms with Gasteiger partial charge in [0.25, 0.3) is 0 Å². The van der Waals surface area contributed by atoms with Crippen molar-refractivity contribution in [2.75, 3.05) is 26.3 Å². The number of esters is 1. The molecule has 22 heavy (non-hydrogen) atoms. The summed E-state index contributed by atoms with van der Waals surface area (Å²) in [5, 5.41) is 0. The van der Waals surface area contributed by atoms with Crippen molar-refractivity contribution in [1.82, 2.24) is 4.90 Å². The van der Waals surface area contributed by atoms with Crippen LogP contribution < -0.4 is 0 Å². The molecule has 0 fully saturated rings. The van der Waals surface area contributed by atoms with Gasteiger partial charge in [-0.3, -0.25) is 0 Å². The summed E-state index contributed by atoms with van der Waals surface area (Å²) in [4.78, 5) is 24.8. The molecular weight excluding hydrogens is 282 g/mol. The molecular formula is C17H23NO4. The average molecular weight is 305 g/mol. The van der Waals surface area contributed by atoms with Gasteiger partial charge >= 0.3 is 12.1 Å². The van der Waals surface area contributed by atoms with Crippen molar-refractivity contribution >= 4 is 12.1 Å². The van der Waals surface area contributed by atoms with Crippen LogP contribution in [0, 0.1) is 0 Å². The summed E-state index contributed by atoms with van der Waals surface area (Å²) < 4.78 is 10.1. The zero-order chi connectivity index (χ0) is 16.4. The highest BCUT2D eigenvalue weighted by Crippen LogP contribution is 2.03. The van der Waals surface area contributed by atoms with Crippen LogP contribution in [0.3, 0.4) is 0 Å². The second-order valence-electron chi connectivity index (χ2n) is 4.84. The third kappa shape index (κ3) is 6.43. The van der Waals surface area contributed by atoms with Crippen molar-refractivity contribution in [3.63, 3.8) is 0 Å². The Hall–Kier alpha value is -2.30. The van der Waals surface area contributed by atoms with E-state index in [-0.39, 0.29) is 6.61 Å². The van der Waals surface area contributed by atoms with Crippen LogP contribution >= 0.6 is 0 Å². The fourth-order valence-electron chi connectivity index (χ4n) is 1.79. The van der Waals surface area contributed by atoms with E-state index in [4.69, 9.17) is 9.47 Å². The molecule has 0 aromatic heterocycles. The molecule has 0 saturated heterocycles. The summed E-state index contributed by atoms with van der Waals surface area (Å²) in [5.74, 6) is -0.452. The van der Waals surface area contributed by atoms with Crippen LogP contribution in [-0.2, 0) is 20.7 Å². The first-order chi connectivity index (χ1) is 10.5. The van der Waals surface area contributed by atoms with Crippen LogP contribution in [-0.4, -0.2) is 43.3 Å². The lowest BCUT2D eigenvalue weighted by Crippen LogP contribution is -2.36. The molecule has 0 bridgehead atoms. The number of hydrogen-bond donors (Lipinski definition) is 0. The van der Waals surface area contributed by atoms with E-state index in [2.05, 4.69) is 6.58 Å². The van der Waals surface area contributed by atoms with Crippen molar-refractivity contribution in [3.05, 3.63) is 48.0 Å². The minimum absolute atomic E-state index is 0.124. The standard InChI is InChI=1S/C17H23NO4/c1-4-21-17(20)18(12-13-22-16(19)14(2)3)11-10-15-8-6-5-7-9-15/h5-9H,2,4,10-13H2,1,3H3. The van der Waals surface area contributed by atoms with Crippen molar-refractivity contribution in [2.45, 2.75) is 20.3 Å². The number of ether oxygens (including phenoxy) is 2. The van der Waals surface area contributed by atoms with E-state index < -0.39 is 12.1 Å². The van der Waals surface area contributed by atoms with Crippen LogP contribution in [0.2, 0.25) is 0 Å². The second kappa shape index (κ2) is 9.60. The van der Waals surface area contributed by atoms with Gasteiger partial charge in [-0.05, 0) is 25.8 Å². The SMILES string of the molecule is C=C(C)C(=O)OCCN(CCc1ccccc1)C(=O)OCC. The van der Waals surface area contributed by atoms with Crippen molar-refractivity contribution in [1.29, 1.82) is 0 Å². The molecule has 0 atom stereocenters. The van der Waals surface area contributed by atoms with Crippen molar-refractivity contribution in [2.24, 2.45) is 0 Å². The molecule has 5 heteroatoms. The van der Waals surface area contributed by atoms with E-state index in [0.29, 0.717) is 31.7 Å². The second-order valence-corrected chi connectivity index (χ2v) is 4.84. The summed E-state index contributed by atoms with van der Waals surface area (Å²) in [7, 11) is 0. The highest BCUT2D eigenvalue weighted by molar-refractivity contribution is 5.86. The number of carbonyl (C=O) groups is 2. The minimum Gasteiger partial charge on any atom is -0.460 e. The van der Waals surface area contributed by atoms with Crippen LogP contribution in [0.5, 0.6) is 0 Å². The first-order valence-corrected chi connectivity index (χ1v) is 7.32. The molecule has 1 rings (SSSR count). The summed E-state index contributed by atoms with van der Waals surface area (Å²) in [6.45, 7) is 8.10. The Bertz CT molecular complexity index is 499. The van der Waals surface area contributed by atoms with Crippen LogP contribution in [0.25, 0.3) is 0 Å². The van der Waals surface area contributed by atoms with Gasteiger partial charge in [-0.25, -0.2) is 9.59 Å². The zero-order valence-corrected chi connectivity index (χ0v) is 13.2. The molecule has 0 radical (unpaired) electrons. The highest BCUT2D eigenvalue weighted by Gasteiger charge is 2.15. The monoisotopic (exact) mass is 305 g/mol. The van der Waals surface area contributed by atoms with Crippen molar-refractivity contribution < 1.29 is 19.1 Å². The molecule has 0 unspecified atom stereocenters. The first kappa shape index (κ1) is 17.8. The Labute approximate surface area is 131 Å². The maximum absolute atomic E-state index is 11.9. The highest BCUT2D eigenvalue weighted by atomic mass is 16.6. The zero-order valence-electron chi connectivity index (χ0n) is 13.2. The molecule has 0 heterocycles. The largest absolute Gasteiger partial charge is 0.460 e. The molecule has 120 valence electrons. The van der Waals surface area contributed by atoms with E-state index in [1.807, 2.05) is 30.3 Å². The van der Waals surface area contributed by atoms with Gasteiger partial charge in [0.2, 0.25) is 0 Å². The lowest BCUT2D eigenvalue weighted by Gasteiger charge is -2.21. The molecule has 5 nitrogen and oxygen atoms in total. The Morgan fingerprint density at radius 3 is 2.41 bits per heavy atom. The molecule has 1 aromatic carbocycles. The first-order valence-electron chi connectivity index (χ1n) is 7.32. The van der Waals surface area contributed by atoms with Gasteiger partial charge < -0.3 is 14.4 Å². The third-order valence-corrected chi connectivity index (χ3v) is 2.98. The maximum Gasteiger partial charge on any atom is 0.409 e. The van der Waals surface area contributed by atoms with Gasteiger partial charge in [0.15, 0.2) is 0 Å². The normalized spacial score (nSPS) is 9.91. The fourth-order valence-corrected chi connectivity index (χ4v) is 1.79. The Balaban J connectivity index is 2.50. The quantitative estimate of drug-likeness (QED) is 0.547. The van der Waals surface area contributed by atoms with Crippen LogP contribution in [0.1, 0.15) is 19.4 Å². The van der Waals surface area contributed by atoms with E-state index >= 15 is 0 Å². The summed E-state index contributed by atoms with van der Waals surface area (Å²) in [6.07, 6.45) is 0.318. The molecule has 0 aliphatic heterocycles. The number of hydrogen-bond acceptors (Lipinski definition) is 4. The molecule has 0 N–H and O–H groups in total.